The predicted octanol–water partition coefficient (Wildman–Crippen LogP) is 6.04. The van der Waals surface area contributed by atoms with Crippen LogP contribution in [0.5, 0.6) is 11.5 Å². The molecule has 0 saturated carbocycles. The first kappa shape index (κ1) is 25.9. The summed E-state index contributed by atoms with van der Waals surface area (Å²) in [6.45, 7) is 9.94. The monoisotopic (exact) mass is 468 g/mol. The SMILES string of the molecule is CCCCCCC(C)(C)c1cc(OC)c(C(=O)Nc2ccc(N3CCOCC3)cc2)c(OC)c1. The lowest BCUT2D eigenvalue weighted by molar-refractivity contribution is 0.102. The van der Waals surface area contributed by atoms with E-state index in [0.717, 1.165) is 49.7 Å². The summed E-state index contributed by atoms with van der Waals surface area (Å²) in [7, 11) is 3.20. The van der Waals surface area contributed by atoms with Crippen molar-refractivity contribution in [1.29, 1.82) is 0 Å². The Balaban J connectivity index is 1.77. The van der Waals surface area contributed by atoms with E-state index in [9.17, 15) is 4.79 Å². The summed E-state index contributed by atoms with van der Waals surface area (Å²) in [5.41, 5.74) is 3.34. The molecule has 2 aromatic rings. The Morgan fingerprint density at radius 1 is 1.00 bits per heavy atom. The molecule has 186 valence electrons. The summed E-state index contributed by atoms with van der Waals surface area (Å²) >= 11 is 0. The lowest BCUT2D eigenvalue weighted by Gasteiger charge is -2.29. The first-order valence-electron chi connectivity index (χ1n) is 12.4. The number of anilines is 2. The molecular weight excluding hydrogens is 428 g/mol. The number of carbonyl (C=O) groups excluding carboxylic acids is 1. The van der Waals surface area contributed by atoms with Gasteiger partial charge in [-0.25, -0.2) is 0 Å². The smallest absolute Gasteiger partial charge is 0.263 e. The van der Waals surface area contributed by atoms with E-state index >= 15 is 0 Å². The Morgan fingerprint density at radius 2 is 1.62 bits per heavy atom. The van der Waals surface area contributed by atoms with E-state index in [1.54, 1.807) is 14.2 Å². The maximum Gasteiger partial charge on any atom is 0.263 e. The Bertz CT molecular complexity index is 909. The Labute approximate surface area is 204 Å². The van der Waals surface area contributed by atoms with Gasteiger partial charge in [-0.15, -0.1) is 0 Å². The maximum absolute atomic E-state index is 13.3. The number of hydrogen-bond donors (Lipinski definition) is 1. The molecule has 0 bridgehead atoms. The fourth-order valence-corrected chi connectivity index (χ4v) is 4.44. The van der Waals surface area contributed by atoms with Crippen molar-refractivity contribution in [3.8, 4) is 11.5 Å². The van der Waals surface area contributed by atoms with Crippen molar-refractivity contribution in [3.05, 3.63) is 47.5 Å². The molecule has 1 saturated heterocycles. The highest BCUT2D eigenvalue weighted by Gasteiger charge is 2.26. The average Bonchev–Trinajstić information content (AvgIpc) is 2.86. The number of ether oxygens (including phenoxy) is 3. The summed E-state index contributed by atoms with van der Waals surface area (Å²) in [4.78, 5) is 15.5. The minimum Gasteiger partial charge on any atom is -0.496 e. The van der Waals surface area contributed by atoms with E-state index in [-0.39, 0.29) is 11.3 Å². The molecule has 1 N–H and O–H groups in total. The Morgan fingerprint density at radius 3 is 2.18 bits per heavy atom. The lowest BCUT2D eigenvalue weighted by atomic mass is 9.79. The number of methoxy groups -OCH3 is 2. The second kappa shape index (κ2) is 12.1. The van der Waals surface area contributed by atoms with Crippen LogP contribution in [0.2, 0.25) is 0 Å². The molecule has 1 aliphatic rings. The molecule has 1 fully saturated rings. The third-order valence-electron chi connectivity index (χ3n) is 6.67. The van der Waals surface area contributed by atoms with Gasteiger partial charge in [-0.3, -0.25) is 4.79 Å². The second-order valence-corrected chi connectivity index (χ2v) is 9.55. The van der Waals surface area contributed by atoms with Crippen LogP contribution >= 0.6 is 0 Å². The fourth-order valence-electron chi connectivity index (χ4n) is 4.44. The van der Waals surface area contributed by atoms with Gasteiger partial charge in [0.15, 0.2) is 0 Å². The molecule has 0 aromatic heterocycles. The summed E-state index contributed by atoms with van der Waals surface area (Å²) in [6.07, 6.45) is 5.96. The number of nitrogens with zero attached hydrogens (tertiary/aromatic N) is 1. The molecular formula is C28H40N2O4. The number of nitrogens with one attached hydrogen (secondary N) is 1. The number of unbranched alkanes of at least 4 members (excludes halogenated alkanes) is 3. The van der Waals surface area contributed by atoms with Crippen LogP contribution in [0.4, 0.5) is 11.4 Å². The number of benzene rings is 2. The van der Waals surface area contributed by atoms with E-state index in [4.69, 9.17) is 14.2 Å². The molecule has 0 radical (unpaired) electrons. The van der Waals surface area contributed by atoms with Crippen LogP contribution in [0.25, 0.3) is 0 Å². The van der Waals surface area contributed by atoms with Crippen LogP contribution in [-0.2, 0) is 10.2 Å². The minimum absolute atomic E-state index is 0.0430. The van der Waals surface area contributed by atoms with E-state index in [2.05, 4.69) is 31.0 Å². The topological polar surface area (TPSA) is 60.0 Å². The van der Waals surface area contributed by atoms with Crippen molar-refractivity contribution in [3.63, 3.8) is 0 Å². The standard InChI is InChI=1S/C28H40N2O4/c1-6-7-8-9-14-28(2,3)21-19-24(32-4)26(25(20-21)33-5)27(31)29-22-10-12-23(13-11-22)30-15-17-34-18-16-30/h10-13,19-20H,6-9,14-18H2,1-5H3,(H,29,31). The molecule has 0 aliphatic carbocycles. The van der Waals surface area contributed by atoms with Gasteiger partial charge in [0.2, 0.25) is 0 Å². The number of carbonyl (C=O) groups is 1. The van der Waals surface area contributed by atoms with Crippen LogP contribution < -0.4 is 19.7 Å². The number of hydrogen-bond acceptors (Lipinski definition) is 5. The highest BCUT2D eigenvalue weighted by atomic mass is 16.5. The van der Waals surface area contributed by atoms with Crippen LogP contribution in [0.3, 0.4) is 0 Å². The zero-order chi connectivity index (χ0) is 24.6. The van der Waals surface area contributed by atoms with Gasteiger partial charge >= 0.3 is 0 Å². The quantitative estimate of drug-likeness (QED) is 0.407. The van der Waals surface area contributed by atoms with Crippen LogP contribution in [0, 0.1) is 0 Å². The van der Waals surface area contributed by atoms with Crippen molar-refractivity contribution in [1.82, 2.24) is 0 Å². The molecule has 3 rings (SSSR count). The van der Waals surface area contributed by atoms with Crippen molar-refractivity contribution in [2.75, 3.05) is 50.7 Å². The van der Waals surface area contributed by atoms with Crippen LogP contribution in [0.1, 0.15) is 68.8 Å². The molecule has 1 aliphatic heterocycles. The van der Waals surface area contributed by atoms with Gasteiger partial charge < -0.3 is 24.4 Å². The molecule has 0 atom stereocenters. The normalized spacial score (nSPS) is 14.1. The number of amides is 1. The predicted molar refractivity (Wildman–Crippen MR) is 139 cm³/mol. The molecule has 6 nitrogen and oxygen atoms in total. The molecule has 0 unspecified atom stereocenters. The van der Waals surface area contributed by atoms with Crippen LogP contribution in [-0.4, -0.2) is 46.4 Å². The van der Waals surface area contributed by atoms with E-state index in [1.165, 1.54) is 25.7 Å². The highest BCUT2D eigenvalue weighted by Crippen LogP contribution is 2.38. The largest absolute Gasteiger partial charge is 0.496 e. The summed E-state index contributed by atoms with van der Waals surface area (Å²) in [5.74, 6) is 0.803. The molecule has 6 heteroatoms. The summed E-state index contributed by atoms with van der Waals surface area (Å²) in [5, 5.41) is 3.00. The van der Waals surface area contributed by atoms with Gasteiger partial charge in [0.25, 0.3) is 5.91 Å². The third kappa shape index (κ3) is 6.44. The van der Waals surface area contributed by atoms with Crippen LogP contribution in [0.15, 0.2) is 36.4 Å². The Kier molecular flexibility index (Phi) is 9.22. The molecule has 1 amide bonds. The number of morpholine rings is 1. The van der Waals surface area contributed by atoms with Crippen molar-refractivity contribution in [2.45, 2.75) is 58.3 Å². The second-order valence-electron chi connectivity index (χ2n) is 9.55. The van der Waals surface area contributed by atoms with Gasteiger partial charge in [0.05, 0.1) is 27.4 Å². The molecule has 0 spiro atoms. The van der Waals surface area contributed by atoms with Crippen molar-refractivity contribution < 1.29 is 19.0 Å². The maximum atomic E-state index is 13.3. The lowest BCUT2D eigenvalue weighted by Crippen LogP contribution is -2.36. The van der Waals surface area contributed by atoms with E-state index in [0.29, 0.717) is 17.1 Å². The Hall–Kier alpha value is -2.73. The van der Waals surface area contributed by atoms with Crippen molar-refractivity contribution >= 4 is 17.3 Å². The molecule has 1 heterocycles. The first-order chi connectivity index (χ1) is 16.4. The number of rotatable bonds is 11. The van der Waals surface area contributed by atoms with Gasteiger partial charge in [-0.1, -0.05) is 46.5 Å². The van der Waals surface area contributed by atoms with Gasteiger partial charge in [0, 0.05) is 24.5 Å². The zero-order valence-corrected chi connectivity index (χ0v) is 21.4. The van der Waals surface area contributed by atoms with Crippen molar-refractivity contribution in [2.24, 2.45) is 0 Å². The summed E-state index contributed by atoms with van der Waals surface area (Å²) < 4.78 is 16.8. The molecule has 34 heavy (non-hydrogen) atoms. The zero-order valence-electron chi connectivity index (χ0n) is 21.4. The average molecular weight is 469 g/mol. The highest BCUT2D eigenvalue weighted by molar-refractivity contribution is 6.08. The van der Waals surface area contributed by atoms with Gasteiger partial charge in [-0.05, 0) is 53.8 Å². The van der Waals surface area contributed by atoms with Gasteiger partial charge in [0.1, 0.15) is 17.1 Å². The van der Waals surface area contributed by atoms with E-state index < -0.39 is 0 Å². The van der Waals surface area contributed by atoms with Gasteiger partial charge in [-0.2, -0.15) is 0 Å². The minimum atomic E-state index is -0.250. The first-order valence-corrected chi connectivity index (χ1v) is 12.4. The fraction of sp³-hybridized carbons (Fsp3) is 0.536. The third-order valence-corrected chi connectivity index (χ3v) is 6.67. The summed E-state index contributed by atoms with van der Waals surface area (Å²) in [6, 6.07) is 11.9. The molecule has 2 aromatic carbocycles. The van der Waals surface area contributed by atoms with E-state index in [1.807, 2.05) is 36.4 Å².